The molecule has 4 nitrogen and oxygen atoms in total. The molecule has 2 aromatic heterocycles. The fraction of sp³-hybridized carbons (Fsp3) is 0.211. The Hall–Kier alpha value is -2.75. The van der Waals surface area contributed by atoms with E-state index in [2.05, 4.69) is 34.0 Å². The van der Waals surface area contributed by atoms with Crippen LogP contribution in [0.2, 0.25) is 0 Å². The molecule has 4 heteroatoms. The molecular weight excluding hydrogens is 286 g/mol. The van der Waals surface area contributed by atoms with Gasteiger partial charge in [0, 0.05) is 17.5 Å². The molecule has 0 aliphatic heterocycles. The average molecular weight is 305 g/mol. The third-order valence-corrected chi connectivity index (χ3v) is 3.78. The Kier molecular flexibility index (Phi) is 4.33. The van der Waals surface area contributed by atoms with Crippen LogP contribution >= 0.6 is 0 Å². The summed E-state index contributed by atoms with van der Waals surface area (Å²) in [6.07, 6.45) is 2.74. The molecule has 0 aliphatic rings. The van der Waals surface area contributed by atoms with E-state index in [1.807, 2.05) is 44.2 Å². The topological polar surface area (TPSA) is 47.9 Å². The van der Waals surface area contributed by atoms with Gasteiger partial charge in [0.25, 0.3) is 0 Å². The molecule has 3 rings (SSSR count). The second-order valence-corrected chi connectivity index (χ2v) is 5.38. The molecule has 1 aromatic carbocycles. The highest BCUT2D eigenvalue weighted by Gasteiger charge is 2.12. The molecule has 0 bridgehead atoms. The van der Waals surface area contributed by atoms with Crippen molar-refractivity contribution < 1.29 is 4.74 Å². The van der Waals surface area contributed by atoms with E-state index in [1.54, 1.807) is 6.20 Å². The van der Waals surface area contributed by atoms with Crippen molar-refractivity contribution in [3.63, 3.8) is 0 Å². The van der Waals surface area contributed by atoms with Gasteiger partial charge in [0.15, 0.2) is 5.82 Å². The Morgan fingerprint density at radius 2 is 1.74 bits per heavy atom. The second-order valence-electron chi connectivity index (χ2n) is 5.38. The summed E-state index contributed by atoms with van der Waals surface area (Å²) in [6, 6.07) is 13.8. The van der Waals surface area contributed by atoms with Gasteiger partial charge in [-0.25, -0.2) is 4.98 Å². The molecule has 116 valence electrons. The van der Waals surface area contributed by atoms with Crippen LogP contribution in [0.1, 0.15) is 23.7 Å². The summed E-state index contributed by atoms with van der Waals surface area (Å²) in [5.41, 5.74) is 3.84. The van der Waals surface area contributed by atoms with Crippen LogP contribution in [0, 0.1) is 13.8 Å². The van der Waals surface area contributed by atoms with E-state index in [0.29, 0.717) is 11.7 Å². The average Bonchev–Trinajstić information content (AvgIpc) is 2.60. The number of aromatic nitrogens is 3. The summed E-state index contributed by atoms with van der Waals surface area (Å²) in [5.74, 6) is 1.92. The van der Waals surface area contributed by atoms with Crippen LogP contribution in [-0.2, 0) is 6.42 Å². The SMILES string of the molecule is CCc1ccc(Oc2nc(-c3ccccn3)nc(C)c2C)cc1. The van der Waals surface area contributed by atoms with E-state index in [9.17, 15) is 0 Å². The summed E-state index contributed by atoms with van der Waals surface area (Å²) in [5, 5.41) is 0. The predicted octanol–water partition coefficient (Wildman–Crippen LogP) is 4.51. The summed E-state index contributed by atoms with van der Waals surface area (Å²) in [6.45, 7) is 6.05. The highest BCUT2D eigenvalue weighted by atomic mass is 16.5. The van der Waals surface area contributed by atoms with Crippen molar-refractivity contribution >= 4 is 0 Å². The molecule has 0 atom stereocenters. The van der Waals surface area contributed by atoms with Crippen LogP contribution in [0.15, 0.2) is 48.7 Å². The minimum Gasteiger partial charge on any atom is -0.439 e. The van der Waals surface area contributed by atoms with Gasteiger partial charge in [0.1, 0.15) is 11.4 Å². The number of benzene rings is 1. The van der Waals surface area contributed by atoms with Crippen LogP contribution in [0.3, 0.4) is 0 Å². The molecule has 2 heterocycles. The zero-order valence-corrected chi connectivity index (χ0v) is 13.6. The molecule has 0 unspecified atom stereocenters. The van der Waals surface area contributed by atoms with Crippen molar-refractivity contribution in [2.24, 2.45) is 0 Å². The van der Waals surface area contributed by atoms with Crippen molar-refractivity contribution in [1.82, 2.24) is 15.0 Å². The maximum Gasteiger partial charge on any atom is 0.226 e. The molecule has 0 saturated carbocycles. The molecule has 0 spiro atoms. The van der Waals surface area contributed by atoms with Crippen molar-refractivity contribution in [3.8, 4) is 23.1 Å². The van der Waals surface area contributed by atoms with Crippen LogP contribution in [0.4, 0.5) is 0 Å². The van der Waals surface area contributed by atoms with E-state index >= 15 is 0 Å². The lowest BCUT2D eigenvalue weighted by atomic mass is 10.2. The highest BCUT2D eigenvalue weighted by Crippen LogP contribution is 2.27. The number of ether oxygens (including phenoxy) is 1. The number of hydrogen-bond donors (Lipinski definition) is 0. The Bertz CT molecular complexity index is 799. The third-order valence-electron chi connectivity index (χ3n) is 3.78. The Balaban J connectivity index is 1.96. The van der Waals surface area contributed by atoms with E-state index in [-0.39, 0.29) is 0 Å². The standard InChI is InChI=1S/C19H19N3O/c1-4-15-8-10-16(11-9-15)23-19-13(2)14(3)21-18(22-19)17-7-5-6-12-20-17/h5-12H,4H2,1-3H3. The summed E-state index contributed by atoms with van der Waals surface area (Å²) >= 11 is 0. The van der Waals surface area contributed by atoms with Gasteiger partial charge in [-0.15, -0.1) is 0 Å². The Morgan fingerprint density at radius 3 is 2.39 bits per heavy atom. The van der Waals surface area contributed by atoms with Gasteiger partial charge >= 0.3 is 0 Å². The van der Waals surface area contributed by atoms with Gasteiger partial charge in [-0.2, -0.15) is 4.98 Å². The maximum atomic E-state index is 5.97. The summed E-state index contributed by atoms with van der Waals surface area (Å²) < 4.78 is 5.97. The van der Waals surface area contributed by atoms with Gasteiger partial charge < -0.3 is 4.74 Å². The first-order valence-corrected chi connectivity index (χ1v) is 7.71. The molecule has 23 heavy (non-hydrogen) atoms. The second kappa shape index (κ2) is 6.57. The summed E-state index contributed by atoms with van der Waals surface area (Å²) in [7, 11) is 0. The van der Waals surface area contributed by atoms with Crippen molar-refractivity contribution in [2.75, 3.05) is 0 Å². The van der Waals surface area contributed by atoms with Crippen LogP contribution < -0.4 is 4.74 Å². The van der Waals surface area contributed by atoms with E-state index in [0.717, 1.165) is 29.1 Å². The fourth-order valence-electron chi connectivity index (χ4n) is 2.22. The highest BCUT2D eigenvalue weighted by molar-refractivity contribution is 5.51. The fourth-order valence-corrected chi connectivity index (χ4v) is 2.22. The van der Waals surface area contributed by atoms with E-state index in [4.69, 9.17) is 4.74 Å². The predicted molar refractivity (Wildman–Crippen MR) is 90.6 cm³/mol. The normalized spacial score (nSPS) is 10.6. The Labute approximate surface area is 136 Å². The van der Waals surface area contributed by atoms with Crippen LogP contribution in [-0.4, -0.2) is 15.0 Å². The summed E-state index contributed by atoms with van der Waals surface area (Å²) in [4.78, 5) is 13.4. The lowest BCUT2D eigenvalue weighted by Gasteiger charge is -2.11. The lowest BCUT2D eigenvalue weighted by molar-refractivity contribution is 0.457. The van der Waals surface area contributed by atoms with Gasteiger partial charge in [0.2, 0.25) is 5.88 Å². The van der Waals surface area contributed by atoms with Gasteiger partial charge in [-0.05, 0) is 50.1 Å². The number of pyridine rings is 1. The smallest absolute Gasteiger partial charge is 0.226 e. The molecule has 0 fully saturated rings. The number of nitrogens with zero attached hydrogens (tertiary/aromatic N) is 3. The molecule has 0 N–H and O–H groups in total. The zero-order chi connectivity index (χ0) is 16.2. The van der Waals surface area contributed by atoms with E-state index < -0.39 is 0 Å². The lowest BCUT2D eigenvalue weighted by Crippen LogP contribution is -2.01. The number of hydrogen-bond acceptors (Lipinski definition) is 4. The molecular formula is C19H19N3O. The van der Waals surface area contributed by atoms with Crippen molar-refractivity contribution in [1.29, 1.82) is 0 Å². The van der Waals surface area contributed by atoms with Crippen LogP contribution in [0.5, 0.6) is 11.6 Å². The van der Waals surface area contributed by atoms with Gasteiger partial charge in [0.05, 0.1) is 0 Å². The van der Waals surface area contributed by atoms with Gasteiger partial charge in [-0.1, -0.05) is 25.1 Å². The molecule has 0 saturated heterocycles. The van der Waals surface area contributed by atoms with Crippen molar-refractivity contribution in [2.45, 2.75) is 27.2 Å². The zero-order valence-electron chi connectivity index (χ0n) is 13.6. The largest absolute Gasteiger partial charge is 0.439 e. The van der Waals surface area contributed by atoms with E-state index in [1.165, 1.54) is 5.56 Å². The first-order chi connectivity index (χ1) is 11.2. The van der Waals surface area contributed by atoms with Crippen molar-refractivity contribution in [3.05, 3.63) is 65.5 Å². The monoisotopic (exact) mass is 305 g/mol. The molecule has 0 aliphatic carbocycles. The minimum absolute atomic E-state index is 0.572. The molecule has 0 radical (unpaired) electrons. The molecule has 3 aromatic rings. The van der Waals surface area contributed by atoms with Gasteiger partial charge in [-0.3, -0.25) is 4.98 Å². The minimum atomic E-state index is 0.572. The van der Waals surface area contributed by atoms with Crippen LogP contribution in [0.25, 0.3) is 11.5 Å². The third kappa shape index (κ3) is 3.37. The molecule has 0 amide bonds. The number of aryl methyl sites for hydroxylation is 2. The first kappa shape index (κ1) is 15.2. The maximum absolute atomic E-state index is 5.97. The number of rotatable bonds is 4. The quantitative estimate of drug-likeness (QED) is 0.711. The first-order valence-electron chi connectivity index (χ1n) is 7.71. The Morgan fingerprint density at radius 1 is 0.957 bits per heavy atom.